The second-order valence-corrected chi connectivity index (χ2v) is 6.47. The summed E-state index contributed by atoms with van der Waals surface area (Å²) >= 11 is 0. The Hall–Kier alpha value is -2.42. The van der Waals surface area contributed by atoms with E-state index in [2.05, 4.69) is 0 Å². The van der Waals surface area contributed by atoms with Crippen molar-refractivity contribution in [2.45, 2.75) is 31.3 Å². The van der Waals surface area contributed by atoms with Crippen molar-refractivity contribution in [1.82, 2.24) is 9.24 Å². The van der Waals surface area contributed by atoms with E-state index < -0.39 is 28.3 Å². The molecular formula is C15H17F2N5O2. The third kappa shape index (κ3) is 2.04. The number of rotatable bonds is 2. The Kier molecular flexibility index (Phi) is 3.17. The van der Waals surface area contributed by atoms with Crippen LogP contribution in [0.1, 0.15) is 25.3 Å². The predicted molar refractivity (Wildman–Crippen MR) is 85.6 cm³/mol. The standard InChI is InChI=1S/C15H17F2N5O2/c16-9-5-10(20-4-3-7(18)6-20)12(17)13-11(9)14(23)22(19)15(24)21(13)8-1-2-8/h5,7-8H,1-4,6,18-19H2. The molecule has 1 atom stereocenters. The molecule has 1 unspecified atom stereocenters. The molecule has 0 radical (unpaired) electrons. The first kappa shape index (κ1) is 15.1. The van der Waals surface area contributed by atoms with E-state index in [0.29, 0.717) is 37.0 Å². The lowest BCUT2D eigenvalue weighted by Gasteiger charge is -2.21. The number of halogens is 2. The van der Waals surface area contributed by atoms with Gasteiger partial charge in [0.2, 0.25) is 0 Å². The van der Waals surface area contributed by atoms with Crippen LogP contribution < -0.4 is 27.7 Å². The first-order valence-electron chi connectivity index (χ1n) is 7.85. The van der Waals surface area contributed by atoms with Crippen LogP contribution in [-0.4, -0.2) is 28.4 Å². The van der Waals surface area contributed by atoms with Gasteiger partial charge in [-0.05, 0) is 19.3 Å². The van der Waals surface area contributed by atoms with E-state index in [9.17, 15) is 14.0 Å². The smallest absolute Gasteiger partial charge is 0.350 e. The molecule has 24 heavy (non-hydrogen) atoms. The quantitative estimate of drug-likeness (QED) is 0.753. The molecule has 1 aromatic carbocycles. The fourth-order valence-corrected chi connectivity index (χ4v) is 3.36. The minimum Gasteiger partial charge on any atom is -0.367 e. The highest BCUT2D eigenvalue weighted by Gasteiger charge is 2.33. The summed E-state index contributed by atoms with van der Waals surface area (Å²) in [5.41, 5.74) is 3.69. The molecule has 1 saturated carbocycles. The molecule has 2 aliphatic rings. The van der Waals surface area contributed by atoms with Crippen LogP contribution in [0.4, 0.5) is 14.5 Å². The summed E-state index contributed by atoms with van der Waals surface area (Å²) < 4.78 is 31.2. The molecule has 4 rings (SSSR count). The van der Waals surface area contributed by atoms with Crippen molar-refractivity contribution in [2.24, 2.45) is 5.73 Å². The monoisotopic (exact) mass is 337 g/mol. The fourth-order valence-electron chi connectivity index (χ4n) is 3.36. The summed E-state index contributed by atoms with van der Waals surface area (Å²) in [7, 11) is 0. The van der Waals surface area contributed by atoms with Crippen LogP contribution in [0, 0.1) is 11.6 Å². The lowest BCUT2D eigenvalue weighted by molar-refractivity contribution is 0.583. The lowest BCUT2D eigenvalue weighted by atomic mass is 10.1. The van der Waals surface area contributed by atoms with Crippen molar-refractivity contribution in [3.8, 4) is 0 Å². The molecule has 2 heterocycles. The van der Waals surface area contributed by atoms with Gasteiger partial charge in [-0.25, -0.2) is 13.6 Å². The number of nitrogens with two attached hydrogens (primary N) is 2. The van der Waals surface area contributed by atoms with E-state index in [0.717, 1.165) is 10.6 Å². The predicted octanol–water partition coefficient (Wildman–Crippen LogP) is 0.0275. The molecule has 1 aliphatic heterocycles. The van der Waals surface area contributed by atoms with Crippen molar-refractivity contribution in [1.29, 1.82) is 0 Å². The van der Waals surface area contributed by atoms with E-state index in [1.807, 2.05) is 0 Å². The average molecular weight is 337 g/mol. The number of anilines is 1. The third-order valence-electron chi connectivity index (χ3n) is 4.74. The largest absolute Gasteiger partial charge is 0.367 e. The van der Waals surface area contributed by atoms with Gasteiger partial charge in [-0.2, -0.15) is 4.68 Å². The Bertz CT molecular complexity index is 963. The molecule has 1 saturated heterocycles. The summed E-state index contributed by atoms with van der Waals surface area (Å²) in [6.07, 6.45) is 1.99. The van der Waals surface area contributed by atoms with E-state index in [1.165, 1.54) is 0 Å². The van der Waals surface area contributed by atoms with Crippen LogP contribution in [0.25, 0.3) is 10.9 Å². The number of hydrogen-bond donors (Lipinski definition) is 2. The Labute approximate surface area is 135 Å². The highest BCUT2D eigenvalue weighted by atomic mass is 19.1. The Morgan fingerprint density at radius 1 is 1.17 bits per heavy atom. The molecule has 2 fully saturated rings. The number of aromatic nitrogens is 2. The fraction of sp³-hybridized carbons (Fsp3) is 0.467. The van der Waals surface area contributed by atoms with Gasteiger partial charge < -0.3 is 16.5 Å². The topological polar surface area (TPSA) is 99.3 Å². The Morgan fingerprint density at radius 2 is 1.88 bits per heavy atom. The first-order valence-corrected chi connectivity index (χ1v) is 7.85. The van der Waals surface area contributed by atoms with E-state index in [4.69, 9.17) is 11.6 Å². The maximum atomic E-state index is 15.2. The van der Waals surface area contributed by atoms with Gasteiger partial charge in [-0.1, -0.05) is 0 Å². The maximum Gasteiger partial charge on any atom is 0.350 e. The number of nitrogen functional groups attached to an aromatic ring is 1. The van der Waals surface area contributed by atoms with Gasteiger partial charge in [0.05, 0.1) is 11.2 Å². The molecule has 2 aromatic rings. The normalized spacial score (nSPS) is 21.0. The van der Waals surface area contributed by atoms with Crippen molar-refractivity contribution in [3.05, 3.63) is 38.5 Å². The van der Waals surface area contributed by atoms with Gasteiger partial charge in [0.1, 0.15) is 11.2 Å². The first-order chi connectivity index (χ1) is 11.4. The van der Waals surface area contributed by atoms with Crippen LogP contribution in [-0.2, 0) is 0 Å². The van der Waals surface area contributed by atoms with Gasteiger partial charge in [-0.3, -0.25) is 9.36 Å². The molecule has 0 spiro atoms. The van der Waals surface area contributed by atoms with Crippen LogP contribution in [0.2, 0.25) is 0 Å². The van der Waals surface area contributed by atoms with Gasteiger partial charge in [-0.15, -0.1) is 0 Å². The highest BCUT2D eigenvalue weighted by molar-refractivity contribution is 5.84. The van der Waals surface area contributed by atoms with Crippen LogP contribution >= 0.6 is 0 Å². The average Bonchev–Trinajstić information content (AvgIpc) is 3.29. The summed E-state index contributed by atoms with van der Waals surface area (Å²) in [6, 6.07) is 0.602. The minimum absolute atomic E-state index is 0.0240. The van der Waals surface area contributed by atoms with E-state index in [1.54, 1.807) is 4.90 Å². The van der Waals surface area contributed by atoms with Crippen molar-refractivity contribution in [3.63, 3.8) is 0 Å². The number of hydrogen-bond acceptors (Lipinski definition) is 5. The molecular weight excluding hydrogens is 320 g/mol. The third-order valence-corrected chi connectivity index (χ3v) is 4.74. The molecule has 0 amide bonds. The number of benzene rings is 1. The highest BCUT2D eigenvalue weighted by Crippen LogP contribution is 2.38. The SMILES string of the molecule is NC1CCN(c2cc(F)c3c(=O)n(N)c(=O)n(C4CC4)c3c2F)C1. The molecule has 128 valence electrons. The molecule has 4 N–H and O–H groups in total. The Balaban J connectivity index is 2.08. The van der Waals surface area contributed by atoms with Gasteiger partial charge in [0.25, 0.3) is 5.56 Å². The second-order valence-electron chi connectivity index (χ2n) is 6.47. The van der Waals surface area contributed by atoms with Crippen LogP contribution in [0.5, 0.6) is 0 Å². The molecule has 9 heteroatoms. The van der Waals surface area contributed by atoms with Crippen molar-refractivity contribution < 1.29 is 8.78 Å². The van der Waals surface area contributed by atoms with Crippen molar-refractivity contribution in [2.75, 3.05) is 23.8 Å². The molecule has 0 bridgehead atoms. The van der Waals surface area contributed by atoms with Crippen molar-refractivity contribution >= 4 is 16.6 Å². The summed E-state index contributed by atoms with van der Waals surface area (Å²) in [4.78, 5) is 26.1. The van der Waals surface area contributed by atoms with E-state index >= 15 is 4.39 Å². The Morgan fingerprint density at radius 3 is 2.46 bits per heavy atom. The van der Waals surface area contributed by atoms with Gasteiger partial charge in [0.15, 0.2) is 5.82 Å². The summed E-state index contributed by atoms with van der Waals surface area (Å²) in [6.45, 7) is 0.883. The summed E-state index contributed by atoms with van der Waals surface area (Å²) in [5.74, 6) is 3.80. The zero-order chi connectivity index (χ0) is 17.2. The second kappa shape index (κ2) is 5.04. The lowest BCUT2D eigenvalue weighted by Crippen LogP contribution is -2.45. The minimum atomic E-state index is -1.03. The van der Waals surface area contributed by atoms with E-state index in [-0.39, 0.29) is 23.3 Å². The van der Waals surface area contributed by atoms with Crippen LogP contribution in [0.3, 0.4) is 0 Å². The van der Waals surface area contributed by atoms with Gasteiger partial charge in [0, 0.05) is 31.2 Å². The number of nitrogens with zero attached hydrogens (tertiary/aromatic N) is 3. The molecule has 7 nitrogen and oxygen atoms in total. The molecule has 1 aliphatic carbocycles. The zero-order valence-electron chi connectivity index (χ0n) is 12.8. The number of fused-ring (bicyclic) bond motifs is 1. The zero-order valence-corrected chi connectivity index (χ0v) is 12.8. The summed E-state index contributed by atoms with van der Waals surface area (Å²) in [5, 5.41) is -0.492. The van der Waals surface area contributed by atoms with Gasteiger partial charge >= 0.3 is 5.69 Å². The van der Waals surface area contributed by atoms with Crippen LogP contribution in [0.15, 0.2) is 15.7 Å². The maximum absolute atomic E-state index is 15.2. The molecule has 1 aromatic heterocycles.